The van der Waals surface area contributed by atoms with E-state index in [-0.39, 0.29) is 0 Å². The van der Waals surface area contributed by atoms with Gasteiger partial charge in [0.1, 0.15) is 0 Å². The molecule has 1 heteroatoms. The number of aliphatic imine (C=N–C) groups is 1. The summed E-state index contributed by atoms with van der Waals surface area (Å²) in [5.74, 6) is 2.05. The molecule has 0 aromatic heterocycles. The first-order chi connectivity index (χ1) is 6.04. The van der Waals surface area contributed by atoms with E-state index in [0.717, 1.165) is 6.54 Å². The maximum absolute atomic E-state index is 4.41. The maximum Gasteiger partial charge on any atom is 0.0457 e. The molecule has 1 aliphatic heterocycles. The molecule has 13 heavy (non-hydrogen) atoms. The highest BCUT2D eigenvalue weighted by Crippen LogP contribution is 2.31. The predicted molar refractivity (Wildman–Crippen MR) is 59.2 cm³/mol. The largest absolute Gasteiger partial charge is 0.292 e. The molecule has 74 valence electrons. The first kappa shape index (κ1) is 10.5. The zero-order valence-corrected chi connectivity index (χ0v) is 9.46. The van der Waals surface area contributed by atoms with Crippen LogP contribution in [-0.4, -0.2) is 12.8 Å². The summed E-state index contributed by atoms with van der Waals surface area (Å²) < 4.78 is 0. The first-order valence-electron chi connectivity index (χ1n) is 5.24. The minimum absolute atomic E-state index is 0.666. The van der Waals surface area contributed by atoms with E-state index in [9.17, 15) is 0 Å². The molecule has 0 N–H and O–H groups in total. The summed E-state index contributed by atoms with van der Waals surface area (Å²) in [4.78, 5) is 4.41. The number of rotatable bonds is 2. The summed E-state index contributed by atoms with van der Waals surface area (Å²) in [7, 11) is 0. The normalized spacial score (nSPS) is 23.5. The highest BCUT2D eigenvalue weighted by Gasteiger charge is 2.23. The Morgan fingerprint density at radius 1 is 1.31 bits per heavy atom. The summed E-state index contributed by atoms with van der Waals surface area (Å²) in [5, 5.41) is 0. The fourth-order valence-electron chi connectivity index (χ4n) is 2.22. The quantitative estimate of drug-likeness (QED) is 0.616. The lowest BCUT2D eigenvalue weighted by Crippen LogP contribution is -2.23. The van der Waals surface area contributed by atoms with Gasteiger partial charge in [-0.15, -0.1) is 0 Å². The first-order valence-corrected chi connectivity index (χ1v) is 5.24. The Morgan fingerprint density at radius 3 is 2.31 bits per heavy atom. The highest BCUT2D eigenvalue weighted by atomic mass is 14.7. The van der Waals surface area contributed by atoms with Gasteiger partial charge in [-0.2, -0.15) is 0 Å². The highest BCUT2D eigenvalue weighted by molar-refractivity contribution is 5.80. The third kappa shape index (κ3) is 2.20. The van der Waals surface area contributed by atoms with E-state index in [2.05, 4.69) is 39.6 Å². The lowest BCUT2D eigenvalue weighted by atomic mass is 9.79. The smallest absolute Gasteiger partial charge is 0.0457 e. The summed E-state index contributed by atoms with van der Waals surface area (Å²) >= 11 is 0. The standard InChI is InChI=1S/C12H21N/c1-8(2)11-7-13-6-10(5)12(11)9(3)4/h6,8-9,11H,7H2,1-5H3. The van der Waals surface area contributed by atoms with Crippen molar-refractivity contribution in [1.29, 1.82) is 0 Å². The van der Waals surface area contributed by atoms with E-state index >= 15 is 0 Å². The molecule has 0 aromatic rings. The van der Waals surface area contributed by atoms with Crippen molar-refractivity contribution < 1.29 is 0 Å². The molecule has 0 aromatic carbocycles. The fraction of sp³-hybridized carbons (Fsp3) is 0.750. The molecule has 0 fully saturated rings. The van der Waals surface area contributed by atoms with Crippen molar-refractivity contribution in [3.63, 3.8) is 0 Å². The molecule has 1 nitrogen and oxygen atoms in total. The van der Waals surface area contributed by atoms with Crippen molar-refractivity contribution in [1.82, 2.24) is 0 Å². The van der Waals surface area contributed by atoms with Crippen LogP contribution in [0.1, 0.15) is 34.6 Å². The molecule has 1 unspecified atom stereocenters. The fourth-order valence-corrected chi connectivity index (χ4v) is 2.22. The van der Waals surface area contributed by atoms with E-state index in [1.165, 1.54) is 5.57 Å². The molecule has 1 heterocycles. The molecule has 0 aliphatic carbocycles. The number of allylic oxidation sites excluding steroid dienone is 1. The van der Waals surface area contributed by atoms with Crippen LogP contribution in [0.3, 0.4) is 0 Å². The van der Waals surface area contributed by atoms with Gasteiger partial charge in [-0.3, -0.25) is 4.99 Å². The van der Waals surface area contributed by atoms with Crippen LogP contribution in [-0.2, 0) is 0 Å². The molecule has 1 aliphatic rings. The summed E-state index contributed by atoms with van der Waals surface area (Å²) in [6.07, 6.45) is 2.04. The van der Waals surface area contributed by atoms with Crippen LogP contribution in [0.2, 0.25) is 0 Å². The number of dihydropyridines is 1. The van der Waals surface area contributed by atoms with Gasteiger partial charge in [-0.1, -0.05) is 33.3 Å². The van der Waals surface area contributed by atoms with Gasteiger partial charge in [0.25, 0.3) is 0 Å². The Balaban J connectivity index is 2.96. The van der Waals surface area contributed by atoms with E-state index in [1.807, 2.05) is 6.21 Å². The van der Waals surface area contributed by atoms with Crippen molar-refractivity contribution in [3.05, 3.63) is 11.1 Å². The molecular weight excluding hydrogens is 158 g/mol. The SMILES string of the molecule is CC1=C(C(C)C)C(C(C)C)CN=C1. The average molecular weight is 179 g/mol. The van der Waals surface area contributed by atoms with E-state index in [0.29, 0.717) is 17.8 Å². The van der Waals surface area contributed by atoms with Crippen LogP contribution in [0, 0.1) is 17.8 Å². The van der Waals surface area contributed by atoms with Gasteiger partial charge in [-0.05, 0) is 24.3 Å². The van der Waals surface area contributed by atoms with Gasteiger partial charge in [0.2, 0.25) is 0 Å². The van der Waals surface area contributed by atoms with Crippen LogP contribution < -0.4 is 0 Å². The van der Waals surface area contributed by atoms with Gasteiger partial charge in [0, 0.05) is 18.7 Å². The minimum Gasteiger partial charge on any atom is -0.292 e. The Labute approximate surface area is 82.0 Å². The molecule has 1 atom stereocenters. The molecule has 1 rings (SSSR count). The van der Waals surface area contributed by atoms with Gasteiger partial charge < -0.3 is 0 Å². The van der Waals surface area contributed by atoms with E-state index < -0.39 is 0 Å². The van der Waals surface area contributed by atoms with Gasteiger partial charge >= 0.3 is 0 Å². The van der Waals surface area contributed by atoms with Crippen molar-refractivity contribution >= 4 is 6.21 Å². The second kappa shape index (κ2) is 4.08. The van der Waals surface area contributed by atoms with E-state index in [1.54, 1.807) is 5.57 Å². The Bertz CT molecular complexity index is 234. The van der Waals surface area contributed by atoms with Crippen LogP contribution in [0.25, 0.3) is 0 Å². The van der Waals surface area contributed by atoms with Crippen molar-refractivity contribution in [2.45, 2.75) is 34.6 Å². The Hall–Kier alpha value is -0.590. The summed E-state index contributed by atoms with van der Waals surface area (Å²) in [5.41, 5.74) is 3.00. The van der Waals surface area contributed by atoms with Crippen LogP contribution in [0.5, 0.6) is 0 Å². The molecule has 0 saturated carbocycles. The van der Waals surface area contributed by atoms with Crippen molar-refractivity contribution in [3.8, 4) is 0 Å². The second-order valence-corrected chi connectivity index (χ2v) is 4.64. The molecule has 0 saturated heterocycles. The molecule has 0 bridgehead atoms. The number of hydrogen-bond acceptors (Lipinski definition) is 1. The van der Waals surface area contributed by atoms with E-state index in [4.69, 9.17) is 0 Å². The van der Waals surface area contributed by atoms with Crippen LogP contribution in [0.15, 0.2) is 16.1 Å². The van der Waals surface area contributed by atoms with Crippen LogP contribution in [0.4, 0.5) is 0 Å². The zero-order chi connectivity index (χ0) is 10.0. The molecule has 0 amide bonds. The average Bonchev–Trinajstić information content (AvgIpc) is 2.02. The molecular formula is C12H21N. The lowest BCUT2D eigenvalue weighted by molar-refractivity contribution is 0.415. The predicted octanol–water partition coefficient (Wildman–Crippen LogP) is 3.32. The lowest BCUT2D eigenvalue weighted by Gasteiger charge is -2.29. The maximum atomic E-state index is 4.41. The third-order valence-corrected chi connectivity index (χ3v) is 2.87. The Morgan fingerprint density at radius 2 is 1.92 bits per heavy atom. The summed E-state index contributed by atoms with van der Waals surface area (Å²) in [6.45, 7) is 12.3. The number of hydrogen-bond donors (Lipinski definition) is 0. The van der Waals surface area contributed by atoms with Gasteiger partial charge in [0.05, 0.1) is 0 Å². The second-order valence-electron chi connectivity index (χ2n) is 4.64. The van der Waals surface area contributed by atoms with Gasteiger partial charge in [0.15, 0.2) is 0 Å². The third-order valence-electron chi connectivity index (χ3n) is 2.87. The number of nitrogens with zero attached hydrogens (tertiary/aromatic N) is 1. The Kier molecular flexibility index (Phi) is 3.29. The van der Waals surface area contributed by atoms with Crippen molar-refractivity contribution in [2.75, 3.05) is 6.54 Å². The van der Waals surface area contributed by atoms with Crippen molar-refractivity contribution in [2.24, 2.45) is 22.7 Å². The molecule has 0 radical (unpaired) electrons. The van der Waals surface area contributed by atoms with Gasteiger partial charge in [-0.25, -0.2) is 0 Å². The topological polar surface area (TPSA) is 12.4 Å². The minimum atomic E-state index is 0.666. The monoisotopic (exact) mass is 179 g/mol. The molecule has 0 spiro atoms. The summed E-state index contributed by atoms with van der Waals surface area (Å²) in [6, 6.07) is 0. The zero-order valence-electron chi connectivity index (χ0n) is 9.46. The van der Waals surface area contributed by atoms with Crippen LogP contribution >= 0.6 is 0 Å².